The summed E-state index contributed by atoms with van der Waals surface area (Å²) in [6, 6.07) is 44.7. The van der Waals surface area contributed by atoms with Crippen LogP contribution in [-0.4, -0.2) is 10.2 Å². The van der Waals surface area contributed by atoms with Crippen molar-refractivity contribution in [1.82, 2.24) is 0 Å². The Morgan fingerprint density at radius 2 is 0.833 bits per heavy atom. The predicted molar refractivity (Wildman–Crippen MR) is 148 cm³/mol. The molecule has 5 aromatic rings. The molecule has 0 aliphatic carbocycles. The minimum Gasteiger partial charge on any atom is -0.392 e. The molecule has 0 spiro atoms. The zero-order chi connectivity index (χ0) is 24.7. The van der Waals surface area contributed by atoms with Crippen LogP contribution in [0.5, 0.6) is 0 Å². The molecule has 4 nitrogen and oxygen atoms in total. The number of hydrogen-bond acceptors (Lipinski definition) is 4. The van der Waals surface area contributed by atoms with Gasteiger partial charge in [0.2, 0.25) is 0 Å². The van der Waals surface area contributed by atoms with Crippen LogP contribution >= 0.6 is 0 Å². The molecule has 0 atom stereocenters. The topological polar surface area (TPSA) is 46.9 Å². The standard InChI is InChI=1S/C32H28N2O2/c35-23-25-16-17-26(24-36)32(22-25)34(29-14-8-3-9-15-29)31-20-18-30(19-21-31)33(27-10-4-1-5-11-27)28-12-6-2-7-13-28/h1-22,35-36H,23-24H2. The second-order valence-corrected chi connectivity index (χ2v) is 8.47. The molecule has 0 amide bonds. The first-order valence-corrected chi connectivity index (χ1v) is 12.0. The number of para-hydroxylation sites is 3. The molecule has 0 radical (unpaired) electrons. The molecule has 0 unspecified atom stereocenters. The maximum Gasteiger partial charge on any atom is 0.0702 e. The fourth-order valence-corrected chi connectivity index (χ4v) is 4.41. The molecule has 0 bridgehead atoms. The van der Waals surface area contributed by atoms with Crippen molar-refractivity contribution >= 4 is 34.1 Å². The van der Waals surface area contributed by atoms with Gasteiger partial charge < -0.3 is 20.0 Å². The SMILES string of the molecule is OCc1ccc(CO)c(N(c2ccccc2)c2ccc(N(c3ccccc3)c3ccccc3)cc2)c1. The van der Waals surface area contributed by atoms with Crippen molar-refractivity contribution in [1.29, 1.82) is 0 Å². The first-order valence-electron chi connectivity index (χ1n) is 12.0. The van der Waals surface area contributed by atoms with Crippen LogP contribution in [0, 0.1) is 0 Å². The maximum atomic E-state index is 10.1. The van der Waals surface area contributed by atoms with E-state index in [0.717, 1.165) is 45.3 Å². The van der Waals surface area contributed by atoms with Gasteiger partial charge in [-0.25, -0.2) is 0 Å². The van der Waals surface area contributed by atoms with Crippen LogP contribution in [-0.2, 0) is 13.2 Å². The van der Waals surface area contributed by atoms with Gasteiger partial charge in [0.05, 0.1) is 18.9 Å². The number of aliphatic hydroxyl groups excluding tert-OH is 2. The highest BCUT2D eigenvalue weighted by atomic mass is 16.3. The summed E-state index contributed by atoms with van der Waals surface area (Å²) in [6.07, 6.45) is 0. The summed E-state index contributed by atoms with van der Waals surface area (Å²) in [5, 5.41) is 19.9. The minimum absolute atomic E-state index is 0.0661. The Hall–Kier alpha value is -4.38. The molecule has 0 saturated heterocycles. The predicted octanol–water partition coefficient (Wildman–Crippen LogP) is 7.61. The van der Waals surface area contributed by atoms with Crippen LogP contribution < -0.4 is 9.80 Å². The molecule has 5 rings (SSSR count). The van der Waals surface area contributed by atoms with Crippen molar-refractivity contribution in [3.05, 3.63) is 145 Å². The normalized spacial score (nSPS) is 10.7. The third-order valence-electron chi connectivity index (χ3n) is 6.15. The number of benzene rings is 5. The van der Waals surface area contributed by atoms with Gasteiger partial charge in [-0.1, -0.05) is 66.7 Å². The molecule has 0 aliphatic heterocycles. The van der Waals surface area contributed by atoms with Crippen molar-refractivity contribution in [2.75, 3.05) is 9.80 Å². The summed E-state index contributed by atoms with van der Waals surface area (Å²) < 4.78 is 0. The lowest BCUT2D eigenvalue weighted by atomic mass is 10.1. The fourth-order valence-electron chi connectivity index (χ4n) is 4.41. The molecule has 0 fully saturated rings. The zero-order valence-corrected chi connectivity index (χ0v) is 19.9. The highest BCUT2D eigenvalue weighted by molar-refractivity contribution is 5.82. The van der Waals surface area contributed by atoms with Gasteiger partial charge in [0.25, 0.3) is 0 Å². The zero-order valence-electron chi connectivity index (χ0n) is 19.9. The second-order valence-electron chi connectivity index (χ2n) is 8.47. The molecule has 0 aromatic heterocycles. The number of anilines is 6. The molecule has 0 saturated carbocycles. The molecule has 5 aromatic carbocycles. The molecule has 36 heavy (non-hydrogen) atoms. The Kier molecular flexibility index (Phi) is 7.08. The van der Waals surface area contributed by atoms with Gasteiger partial charge in [0.1, 0.15) is 0 Å². The lowest BCUT2D eigenvalue weighted by Gasteiger charge is -2.29. The largest absolute Gasteiger partial charge is 0.392 e. The Morgan fingerprint density at radius 1 is 0.417 bits per heavy atom. The lowest BCUT2D eigenvalue weighted by molar-refractivity contribution is 0.278. The van der Waals surface area contributed by atoms with Crippen molar-refractivity contribution in [3.63, 3.8) is 0 Å². The van der Waals surface area contributed by atoms with Crippen LogP contribution in [0.4, 0.5) is 34.1 Å². The van der Waals surface area contributed by atoms with E-state index in [2.05, 4.69) is 58.3 Å². The fraction of sp³-hybridized carbons (Fsp3) is 0.0625. The summed E-state index contributed by atoms with van der Waals surface area (Å²) in [4.78, 5) is 4.34. The number of hydrogen-bond donors (Lipinski definition) is 2. The van der Waals surface area contributed by atoms with Gasteiger partial charge in [-0.2, -0.15) is 0 Å². The quantitative estimate of drug-likeness (QED) is 0.244. The molecule has 0 heterocycles. The molecular weight excluding hydrogens is 444 g/mol. The highest BCUT2D eigenvalue weighted by Gasteiger charge is 2.18. The Labute approximate surface area is 211 Å². The summed E-state index contributed by atoms with van der Waals surface area (Å²) in [5.41, 5.74) is 7.54. The van der Waals surface area contributed by atoms with E-state index in [1.807, 2.05) is 84.9 Å². The Balaban J connectivity index is 1.61. The van der Waals surface area contributed by atoms with Gasteiger partial charge in [-0.05, 0) is 72.3 Å². The summed E-state index contributed by atoms with van der Waals surface area (Å²) in [6.45, 7) is -0.165. The number of nitrogens with zero attached hydrogens (tertiary/aromatic N) is 2. The molecular formula is C32H28N2O2. The Morgan fingerprint density at radius 3 is 1.28 bits per heavy atom. The van der Waals surface area contributed by atoms with Crippen LogP contribution in [0.15, 0.2) is 133 Å². The summed E-state index contributed by atoms with van der Waals surface area (Å²) >= 11 is 0. The van der Waals surface area contributed by atoms with E-state index in [1.54, 1.807) is 0 Å². The Bertz CT molecular complexity index is 1350. The van der Waals surface area contributed by atoms with Gasteiger partial charge in [-0.15, -0.1) is 0 Å². The highest BCUT2D eigenvalue weighted by Crippen LogP contribution is 2.40. The first-order chi connectivity index (χ1) is 17.8. The molecule has 178 valence electrons. The van der Waals surface area contributed by atoms with E-state index in [-0.39, 0.29) is 13.2 Å². The average molecular weight is 473 g/mol. The van der Waals surface area contributed by atoms with Crippen LogP contribution in [0.3, 0.4) is 0 Å². The van der Waals surface area contributed by atoms with E-state index < -0.39 is 0 Å². The van der Waals surface area contributed by atoms with Crippen LogP contribution in [0.1, 0.15) is 11.1 Å². The van der Waals surface area contributed by atoms with E-state index in [9.17, 15) is 10.2 Å². The number of aliphatic hydroxyl groups is 2. The van der Waals surface area contributed by atoms with E-state index in [1.165, 1.54) is 0 Å². The third-order valence-corrected chi connectivity index (χ3v) is 6.15. The lowest BCUT2D eigenvalue weighted by Crippen LogP contribution is -2.14. The maximum absolute atomic E-state index is 10.1. The molecule has 4 heteroatoms. The van der Waals surface area contributed by atoms with Crippen LogP contribution in [0.2, 0.25) is 0 Å². The summed E-state index contributed by atoms with van der Waals surface area (Å²) in [7, 11) is 0. The molecule has 0 aliphatic rings. The smallest absolute Gasteiger partial charge is 0.0702 e. The second kappa shape index (κ2) is 10.9. The first kappa shape index (κ1) is 23.4. The van der Waals surface area contributed by atoms with E-state index in [0.29, 0.717) is 0 Å². The van der Waals surface area contributed by atoms with Crippen molar-refractivity contribution < 1.29 is 10.2 Å². The van der Waals surface area contributed by atoms with Crippen LogP contribution in [0.25, 0.3) is 0 Å². The van der Waals surface area contributed by atoms with E-state index in [4.69, 9.17) is 0 Å². The van der Waals surface area contributed by atoms with Crippen molar-refractivity contribution in [2.24, 2.45) is 0 Å². The van der Waals surface area contributed by atoms with Gasteiger partial charge in [-0.3, -0.25) is 0 Å². The minimum atomic E-state index is -0.0990. The third kappa shape index (κ3) is 4.86. The monoisotopic (exact) mass is 472 g/mol. The van der Waals surface area contributed by atoms with Gasteiger partial charge in [0.15, 0.2) is 0 Å². The molecule has 2 N–H and O–H groups in total. The van der Waals surface area contributed by atoms with Crippen molar-refractivity contribution in [3.8, 4) is 0 Å². The number of rotatable bonds is 8. The van der Waals surface area contributed by atoms with Gasteiger partial charge >= 0.3 is 0 Å². The summed E-state index contributed by atoms with van der Waals surface area (Å²) in [5.74, 6) is 0. The average Bonchev–Trinajstić information content (AvgIpc) is 2.96. The van der Waals surface area contributed by atoms with E-state index >= 15 is 0 Å². The van der Waals surface area contributed by atoms with Crippen molar-refractivity contribution in [2.45, 2.75) is 13.2 Å². The van der Waals surface area contributed by atoms with Gasteiger partial charge in [0, 0.05) is 34.0 Å².